The fourth-order valence-corrected chi connectivity index (χ4v) is 2.57. The van der Waals surface area contributed by atoms with E-state index in [0.29, 0.717) is 0 Å². The van der Waals surface area contributed by atoms with Crippen LogP contribution in [0.15, 0.2) is 57.8 Å². The Kier molecular flexibility index (Phi) is 9.00. The molecule has 0 atom stereocenters. The van der Waals surface area contributed by atoms with Crippen LogP contribution in [-0.4, -0.2) is 17.5 Å². The zero-order valence-corrected chi connectivity index (χ0v) is 16.6. The predicted molar refractivity (Wildman–Crippen MR) is 106 cm³/mol. The number of allylic oxidation sites excluding steroid dienone is 8. The molecule has 5 heteroatoms. The first-order chi connectivity index (χ1) is 12.2. The summed E-state index contributed by atoms with van der Waals surface area (Å²) in [6, 6.07) is 0. The maximum atomic E-state index is 12.0. The lowest BCUT2D eigenvalue weighted by molar-refractivity contribution is -0.119. The maximum Gasteiger partial charge on any atom is 0.248 e. The van der Waals surface area contributed by atoms with Gasteiger partial charge in [-0.1, -0.05) is 40.5 Å². The van der Waals surface area contributed by atoms with E-state index >= 15 is 0 Å². The van der Waals surface area contributed by atoms with Gasteiger partial charge >= 0.3 is 0 Å². The van der Waals surface area contributed by atoms with E-state index in [9.17, 15) is 14.4 Å². The molecule has 1 aliphatic rings. The molecule has 140 valence electrons. The molecule has 0 aromatic rings. The monoisotopic (exact) mass is 375 g/mol. The lowest BCUT2D eigenvalue weighted by Gasteiger charge is -2.10. The van der Waals surface area contributed by atoms with Crippen molar-refractivity contribution < 1.29 is 14.4 Å². The van der Waals surface area contributed by atoms with Gasteiger partial charge < -0.3 is 5.32 Å². The number of hydrogen-bond donors (Lipinski definition) is 1. The first kappa shape index (κ1) is 21.8. The number of ketones is 2. The quantitative estimate of drug-likeness (QED) is 0.380. The highest BCUT2D eigenvalue weighted by Crippen LogP contribution is 2.15. The van der Waals surface area contributed by atoms with E-state index in [0.717, 1.165) is 43.4 Å². The predicted octanol–water partition coefficient (Wildman–Crippen LogP) is 4.68. The molecule has 1 amide bonds. The van der Waals surface area contributed by atoms with Crippen LogP contribution in [0.25, 0.3) is 0 Å². The summed E-state index contributed by atoms with van der Waals surface area (Å²) in [5.74, 6) is -1.41. The third-order valence-electron chi connectivity index (χ3n) is 3.78. The number of amides is 1. The summed E-state index contributed by atoms with van der Waals surface area (Å²) in [6.45, 7) is 8.16. The van der Waals surface area contributed by atoms with E-state index in [1.807, 2.05) is 6.92 Å². The number of nitrogens with one attached hydrogen (secondary N) is 1. The SMILES string of the molecule is CC(C)=CCCC(C)=CCCC(C)=CC(=O)NC1=CC(=O)C=C(Cl)C1=O. The summed E-state index contributed by atoms with van der Waals surface area (Å²) in [5, 5.41) is 2.23. The van der Waals surface area contributed by atoms with Crippen molar-refractivity contribution in [2.75, 3.05) is 0 Å². The third kappa shape index (κ3) is 8.26. The molecule has 0 saturated heterocycles. The van der Waals surface area contributed by atoms with Crippen molar-refractivity contribution in [2.45, 2.75) is 53.4 Å². The molecule has 0 saturated carbocycles. The summed E-state index contributed by atoms with van der Waals surface area (Å²) < 4.78 is 0. The van der Waals surface area contributed by atoms with Crippen LogP contribution in [0, 0.1) is 0 Å². The van der Waals surface area contributed by atoms with E-state index in [2.05, 4.69) is 38.2 Å². The molecule has 0 bridgehead atoms. The minimum absolute atomic E-state index is 0.0911. The van der Waals surface area contributed by atoms with Gasteiger partial charge in [-0.2, -0.15) is 0 Å². The number of carbonyl (C=O) groups is 3. The minimum Gasteiger partial charge on any atom is -0.319 e. The molecule has 0 spiro atoms. The number of hydrogen-bond acceptors (Lipinski definition) is 3. The van der Waals surface area contributed by atoms with Gasteiger partial charge in [0.1, 0.15) is 0 Å². The Morgan fingerprint density at radius 3 is 2.27 bits per heavy atom. The van der Waals surface area contributed by atoms with Crippen molar-refractivity contribution in [3.05, 3.63) is 57.8 Å². The van der Waals surface area contributed by atoms with Crippen molar-refractivity contribution in [1.82, 2.24) is 5.32 Å². The molecule has 0 heterocycles. The van der Waals surface area contributed by atoms with Crippen LogP contribution >= 0.6 is 11.6 Å². The smallest absolute Gasteiger partial charge is 0.248 e. The van der Waals surface area contributed by atoms with E-state index in [4.69, 9.17) is 11.6 Å². The lowest BCUT2D eigenvalue weighted by atomic mass is 10.1. The normalized spacial score (nSPS) is 15.4. The van der Waals surface area contributed by atoms with Gasteiger partial charge in [0.15, 0.2) is 5.78 Å². The summed E-state index contributed by atoms with van der Waals surface area (Å²) in [4.78, 5) is 35.2. The topological polar surface area (TPSA) is 63.2 Å². The van der Waals surface area contributed by atoms with E-state index in [-0.39, 0.29) is 10.7 Å². The Morgan fingerprint density at radius 1 is 1.00 bits per heavy atom. The fraction of sp³-hybridized carbons (Fsp3) is 0.381. The summed E-state index contributed by atoms with van der Waals surface area (Å²) in [5.41, 5.74) is 3.46. The second-order valence-corrected chi connectivity index (χ2v) is 7.08. The van der Waals surface area contributed by atoms with Gasteiger partial charge in [-0.05, 0) is 53.4 Å². The summed E-state index contributed by atoms with van der Waals surface area (Å²) in [7, 11) is 0. The summed E-state index contributed by atoms with van der Waals surface area (Å²) >= 11 is 5.67. The van der Waals surface area contributed by atoms with Gasteiger partial charge in [-0.15, -0.1) is 0 Å². The van der Waals surface area contributed by atoms with Crippen LogP contribution in [0.3, 0.4) is 0 Å². The van der Waals surface area contributed by atoms with Gasteiger partial charge in [0, 0.05) is 18.2 Å². The molecule has 0 fully saturated rings. The molecule has 0 unspecified atom stereocenters. The first-order valence-electron chi connectivity index (χ1n) is 8.63. The summed E-state index contributed by atoms with van der Waals surface area (Å²) in [6.07, 6.45) is 11.6. The molecule has 26 heavy (non-hydrogen) atoms. The van der Waals surface area contributed by atoms with Gasteiger partial charge in [-0.3, -0.25) is 14.4 Å². The standard InChI is InChI=1S/C21H26ClNO3/c1-14(2)7-5-8-15(3)9-6-10-16(4)11-20(25)23-19-13-17(24)12-18(22)21(19)26/h7,9,11-13H,5-6,8,10H2,1-4H3,(H,23,25). The van der Waals surface area contributed by atoms with Crippen LogP contribution < -0.4 is 5.32 Å². The van der Waals surface area contributed by atoms with Crippen LogP contribution in [-0.2, 0) is 14.4 Å². The molecule has 1 rings (SSSR count). The average Bonchev–Trinajstić information content (AvgIpc) is 2.51. The average molecular weight is 376 g/mol. The van der Waals surface area contributed by atoms with Crippen molar-refractivity contribution in [3.8, 4) is 0 Å². The van der Waals surface area contributed by atoms with Crippen LogP contribution in [0.1, 0.15) is 53.4 Å². The molecule has 0 aliphatic heterocycles. The van der Waals surface area contributed by atoms with E-state index < -0.39 is 17.5 Å². The molecular formula is C21H26ClNO3. The highest BCUT2D eigenvalue weighted by Gasteiger charge is 2.21. The van der Waals surface area contributed by atoms with Crippen LogP contribution in [0.5, 0.6) is 0 Å². The van der Waals surface area contributed by atoms with Gasteiger partial charge in [0.25, 0.3) is 0 Å². The highest BCUT2D eigenvalue weighted by atomic mass is 35.5. The zero-order chi connectivity index (χ0) is 19.7. The van der Waals surface area contributed by atoms with Gasteiger partial charge in [0.2, 0.25) is 11.7 Å². The molecule has 0 aromatic heterocycles. The second kappa shape index (κ2) is 10.7. The third-order valence-corrected chi connectivity index (χ3v) is 4.06. The number of rotatable bonds is 8. The lowest BCUT2D eigenvalue weighted by Crippen LogP contribution is -2.28. The Balaban J connectivity index is 2.49. The Hall–Kier alpha value is -2.20. The largest absolute Gasteiger partial charge is 0.319 e. The first-order valence-corrected chi connectivity index (χ1v) is 9.01. The van der Waals surface area contributed by atoms with E-state index in [1.54, 1.807) is 0 Å². The Labute approximate surface area is 160 Å². The van der Waals surface area contributed by atoms with Gasteiger partial charge in [0.05, 0.1) is 10.7 Å². The van der Waals surface area contributed by atoms with E-state index in [1.165, 1.54) is 17.2 Å². The van der Waals surface area contributed by atoms with Crippen molar-refractivity contribution in [1.29, 1.82) is 0 Å². The zero-order valence-electron chi connectivity index (χ0n) is 15.8. The fourth-order valence-electron chi connectivity index (χ4n) is 2.36. The minimum atomic E-state index is -0.555. The Morgan fingerprint density at radius 2 is 1.62 bits per heavy atom. The highest BCUT2D eigenvalue weighted by molar-refractivity contribution is 6.48. The van der Waals surface area contributed by atoms with Crippen molar-refractivity contribution >= 4 is 29.1 Å². The number of Topliss-reactive ketones (excluding diaryl/α,β-unsaturated/α-hetero) is 1. The maximum absolute atomic E-state index is 12.0. The molecule has 4 nitrogen and oxygen atoms in total. The molecular weight excluding hydrogens is 350 g/mol. The number of carbonyl (C=O) groups excluding carboxylic acids is 3. The van der Waals surface area contributed by atoms with Crippen molar-refractivity contribution in [2.24, 2.45) is 0 Å². The van der Waals surface area contributed by atoms with Crippen LogP contribution in [0.2, 0.25) is 0 Å². The second-order valence-electron chi connectivity index (χ2n) is 6.67. The molecule has 0 radical (unpaired) electrons. The van der Waals surface area contributed by atoms with Gasteiger partial charge in [-0.25, -0.2) is 0 Å². The molecule has 0 aromatic carbocycles. The molecule has 1 N–H and O–H groups in total. The van der Waals surface area contributed by atoms with Crippen molar-refractivity contribution in [3.63, 3.8) is 0 Å². The molecule has 1 aliphatic carbocycles. The Bertz CT molecular complexity index is 732. The van der Waals surface area contributed by atoms with Crippen LogP contribution in [0.4, 0.5) is 0 Å². The number of halogens is 1.